The van der Waals surface area contributed by atoms with Crippen LogP contribution >= 0.6 is 11.6 Å². The van der Waals surface area contributed by atoms with Gasteiger partial charge in [-0.1, -0.05) is 24.9 Å². The van der Waals surface area contributed by atoms with Crippen molar-refractivity contribution in [3.05, 3.63) is 28.8 Å². The third-order valence-electron chi connectivity index (χ3n) is 3.67. The van der Waals surface area contributed by atoms with Crippen molar-refractivity contribution in [1.82, 2.24) is 4.90 Å². The second-order valence-corrected chi connectivity index (χ2v) is 5.46. The second kappa shape index (κ2) is 5.74. The largest absolute Gasteiger partial charge is 0.399 e. The van der Waals surface area contributed by atoms with Crippen LogP contribution in [0.5, 0.6) is 0 Å². The molecule has 1 aliphatic rings. The first-order chi connectivity index (χ1) is 8.17. The Morgan fingerprint density at radius 2 is 2.00 bits per heavy atom. The summed E-state index contributed by atoms with van der Waals surface area (Å²) in [6, 6.07) is 5.84. The first kappa shape index (κ1) is 12.7. The lowest BCUT2D eigenvalue weighted by atomic mass is 9.94. The summed E-state index contributed by atoms with van der Waals surface area (Å²) in [5.74, 6) is 0.927. The second-order valence-electron chi connectivity index (χ2n) is 5.02. The molecule has 1 aliphatic heterocycles. The first-order valence-corrected chi connectivity index (χ1v) is 6.82. The van der Waals surface area contributed by atoms with Gasteiger partial charge in [0, 0.05) is 17.3 Å². The fourth-order valence-electron chi connectivity index (χ4n) is 2.58. The molecular weight excluding hydrogens is 232 g/mol. The van der Waals surface area contributed by atoms with Crippen LogP contribution in [-0.2, 0) is 6.54 Å². The number of rotatable bonds is 3. The molecule has 2 nitrogen and oxygen atoms in total. The summed E-state index contributed by atoms with van der Waals surface area (Å²) in [4.78, 5) is 2.50. The fourth-order valence-corrected chi connectivity index (χ4v) is 2.84. The zero-order valence-corrected chi connectivity index (χ0v) is 11.2. The van der Waals surface area contributed by atoms with Crippen LogP contribution in [0, 0.1) is 5.92 Å². The van der Waals surface area contributed by atoms with Crippen LogP contribution in [0.3, 0.4) is 0 Å². The topological polar surface area (TPSA) is 29.3 Å². The average Bonchev–Trinajstić information content (AvgIpc) is 2.28. The standard InChI is InChI=1S/C14H21ClN2/c1-2-11-3-5-17(6-4-11)10-12-7-13(15)9-14(16)8-12/h7-9,11H,2-6,10,16H2,1H3. The quantitative estimate of drug-likeness (QED) is 0.834. The van der Waals surface area contributed by atoms with Gasteiger partial charge in [0.05, 0.1) is 0 Å². The van der Waals surface area contributed by atoms with Crippen molar-refractivity contribution in [2.75, 3.05) is 18.8 Å². The fraction of sp³-hybridized carbons (Fsp3) is 0.571. The minimum Gasteiger partial charge on any atom is -0.399 e. The van der Waals surface area contributed by atoms with Crippen molar-refractivity contribution >= 4 is 17.3 Å². The van der Waals surface area contributed by atoms with Gasteiger partial charge in [0.2, 0.25) is 0 Å². The number of likely N-dealkylation sites (tertiary alicyclic amines) is 1. The smallest absolute Gasteiger partial charge is 0.0429 e. The Kier molecular flexibility index (Phi) is 4.30. The van der Waals surface area contributed by atoms with Gasteiger partial charge in [-0.3, -0.25) is 4.90 Å². The Hall–Kier alpha value is -0.730. The van der Waals surface area contributed by atoms with E-state index in [0.29, 0.717) is 0 Å². The zero-order valence-electron chi connectivity index (χ0n) is 10.5. The van der Waals surface area contributed by atoms with Crippen LogP contribution in [0.25, 0.3) is 0 Å². The summed E-state index contributed by atoms with van der Waals surface area (Å²) in [6.45, 7) is 5.66. The lowest BCUT2D eigenvalue weighted by molar-refractivity contribution is 0.175. The minimum absolute atomic E-state index is 0.739. The van der Waals surface area contributed by atoms with Gasteiger partial charge in [0.15, 0.2) is 0 Å². The Bertz CT molecular complexity index is 350. The van der Waals surface area contributed by atoms with Gasteiger partial charge in [0.25, 0.3) is 0 Å². The maximum atomic E-state index is 6.01. The van der Waals surface area contributed by atoms with Crippen molar-refractivity contribution < 1.29 is 0 Å². The molecule has 2 N–H and O–H groups in total. The molecule has 0 bridgehead atoms. The van der Waals surface area contributed by atoms with Gasteiger partial charge < -0.3 is 5.73 Å². The summed E-state index contributed by atoms with van der Waals surface area (Å²) in [6.07, 6.45) is 3.97. The normalized spacial score (nSPS) is 18.5. The molecule has 0 saturated carbocycles. The predicted molar refractivity (Wildman–Crippen MR) is 74.2 cm³/mol. The van der Waals surface area contributed by atoms with E-state index >= 15 is 0 Å². The average molecular weight is 253 g/mol. The SMILES string of the molecule is CCC1CCN(Cc2cc(N)cc(Cl)c2)CC1. The number of anilines is 1. The highest BCUT2D eigenvalue weighted by Gasteiger charge is 2.17. The number of nitrogens with zero attached hydrogens (tertiary/aromatic N) is 1. The zero-order chi connectivity index (χ0) is 12.3. The molecule has 0 unspecified atom stereocenters. The number of benzene rings is 1. The van der Waals surface area contributed by atoms with E-state index in [9.17, 15) is 0 Å². The number of halogens is 1. The highest BCUT2D eigenvalue weighted by molar-refractivity contribution is 6.30. The maximum absolute atomic E-state index is 6.01. The van der Waals surface area contributed by atoms with E-state index in [4.69, 9.17) is 17.3 Å². The Labute approximate surface area is 109 Å². The molecule has 0 aliphatic carbocycles. The van der Waals surface area contributed by atoms with E-state index in [1.165, 1.54) is 37.9 Å². The molecule has 0 aromatic heterocycles. The van der Waals surface area contributed by atoms with E-state index < -0.39 is 0 Å². The van der Waals surface area contributed by atoms with Crippen molar-refractivity contribution in [3.8, 4) is 0 Å². The van der Waals surface area contributed by atoms with Crippen LogP contribution in [0.2, 0.25) is 5.02 Å². The van der Waals surface area contributed by atoms with Gasteiger partial charge in [-0.2, -0.15) is 0 Å². The number of hydrogen-bond acceptors (Lipinski definition) is 2. The van der Waals surface area contributed by atoms with E-state index in [0.717, 1.165) is 23.2 Å². The van der Waals surface area contributed by atoms with Crippen LogP contribution in [0.1, 0.15) is 31.7 Å². The summed E-state index contributed by atoms with van der Waals surface area (Å²) >= 11 is 6.01. The third kappa shape index (κ3) is 3.62. The Morgan fingerprint density at radius 3 is 2.59 bits per heavy atom. The lowest BCUT2D eigenvalue weighted by Crippen LogP contribution is -2.33. The minimum atomic E-state index is 0.739. The molecule has 17 heavy (non-hydrogen) atoms. The number of nitrogens with two attached hydrogens (primary N) is 1. The third-order valence-corrected chi connectivity index (χ3v) is 3.89. The lowest BCUT2D eigenvalue weighted by Gasteiger charge is -2.31. The van der Waals surface area contributed by atoms with E-state index in [2.05, 4.69) is 11.8 Å². The molecule has 0 atom stereocenters. The highest BCUT2D eigenvalue weighted by atomic mass is 35.5. The number of hydrogen-bond donors (Lipinski definition) is 1. The van der Waals surface area contributed by atoms with Crippen LogP contribution in [0.15, 0.2) is 18.2 Å². The molecule has 1 aromatic carbocycles. The Morgan fingerprint density at radius 1 is 1.29 bits per heavy atom. The summed E-state index contributed by atoms with van der Waals surface area (Å²) in [7, 11) is 0. The highest BCUT2D eigenvalue weighted by Crippen LogP contribution is 2.23. The van der Waals surface area contributed by atoms with Crippen molar-refractivity contribution in [3.63, 3.8) is 0 Å². The van der Waals surface area contributed by atoms with E-state index in [1.807, 2.05) is 12.1 Å². The first-order valence-electron chi connectivity index (χ1n) is 6.44. The van der Waals surface area contributed by atoms with Gasteiger partial charge in [-0.25, -0.2) is 0 Å². The summed E-state index contributed by atoms with van der Waals surface area (Å²) < 4.78 is 0. The molecule has 0 amide bonds. The number of nitrogen functional groups attached to an aromatic ring is 1. The molecule has 1 fully saturated rings. The molecular formula is C14H21ClN2. The number of piperidine rings is 1. The van der Waals surface area contributed by atoms with Crippen LogP contribution in [-0.4, -0.2) is 18.0 Å². The molecule has 0 spiro atoms. The molecule has 94 valence electrons. The van der Waals surface area contributed by atoms with Crippen molar-refractivity contribution in [2.45, 2.75) is 32.7 Å². The Balaban J connectivity index is 1.93. The molecule has 1 saturated heterocycles. The molecule has 0 radical (unpaired) electrons. The van der Waals surface area contributed by atoms with Crippen molar-refractivity contribution in [2.24, 2.45) is 5.92 Å². The summed E-state index contributed by atoms with van der Waals surface area (Å²) in [5, 5.41) is 0.739. The van der Waals surface area contributed by atoms with E-state index in [1.54, 1.807) is 6.07 Å². The molecule has 1 aromatic rings. The molecule has 2 rings (SSSR count). The predicted octanol–water partition coefficient (Wildman–Crippen LogP) is 3.54. The van der Waals surface area contributed by atoms with Gasteiger partial charge >= 0.3 is 0 Å². The molecule has 1 heterocycles. The monoisotopic (exact) mass is 252 g/mol. The van der Waals surface area contributed by atoms with Gasteiger partial charge in [-0.05, 0) is 55.6 Å². The van der Waals surface area contributed by atoms with Gasteiger partial charge in [-0.15, -0.1) is 0 Å². The van der Waals surface area contributed by atoms with Gasteiger partial charge in [0.1, 0.15) is 0 Å². The van der Waals surface area contributed by atoms with Crippen LogP contribution in [0.4, 0.5) is 5.69 Å². The maximum Gasteiger partial charge on any atom is 0.0429 e. The van der Waals surface area contributed by atoms with Crippen molar-refractivity contribution in [1.29, 1.82) is 0 Å². The molecule has 3 heteroatoms. The van der Waals surface area contributed by atoms with E-state index in [-0.39, 0.29) is 0 Å². The summed E-state index contributed by atoms with van der Waals surface area (Å²) in [5.41, 5.74) is 7.79. The van der Waals surface area contributed by atoms with Crippen LogP contribution < -0.4 is 5.73 Å².